The summed E-state index contributed by atoms with van der Waals surface area (Å²) < 4.78 is 15.7. The largest absolute Gasteiger partial charge is 0.495 e. The summed E-state index contributed by atoms with van der Waals surface area (Å²) in [6, 6.07) is 18.2. The van der Waals surface area contributed by atoms with E-state index < -0.39 is 11.8 Å². The number of para-hydroxylation sites is 2. The summed E-state index contributed by atoms with van der Waals surface area (Å²) in [5.74, 6) is -0.768. The maximum Gasteiger partial charge on any atom is 0.329 e. The van der Waals surface area contributed by atoms with Crippen molar-refractivity contribution in [3.05, 3.63) is 77.3 Å². The van der Waals surface area contributed by atoms with E-state index in [2.05, 4.69) is 21.2 Å². The first-order valence-corrected chi connectivity index (χ1v) is 10.9. The Morgan fingerprint density at radius 3 is 2.31 bits per heavy atom. The Hall–Kier alpha value is -4.57. The molecule has 0 fully saturated rings. The summed E-state index contributed by atoms with van der Waals surface area (Å²) in [4.78, 5) is 36.1. The van der Waals surface area contributed by atoms with E-state index in [0.717, 1.165) is 0 Å². The van der Waals surface area contributed by atoms with Gasteiger partial charge in [-0.25, -0.2) is 5.43 Å². The molecule has 0 atom stereocenters. The highest BCUT2D eigenvalue weighted by atomic mass is 35.5. The van der Waals surface area contributed by atoms with Crippen LogP contribution >= 0.6 is 11.6 Å². The van der Waals surface area contributed by atoms with Gasteiger partial charge in [-0.15, -0.1) is 0 Å². The van der Waals surface area contributed by atoms with E-state index in [0.29, 0.717) is 39.2 Å². The number of amides is 3. The molecule has 186 valence electrons. The van der Waals surface area contributed by atoms with Gasteiger partial charge in [-0.1, -0.05) is 23.7 Å². The van der Waals surface area contributed by atoms with Crippen LogP contribution in [0.25, 0.3) is 0 Å². The average molecular weight is 511 g/mol. The van der Waals surface area contributed by atoms with E-state index in [1.165, 1.54) is 26.5 Å². The van der Waals surface area contributed by atoms with E-state index in [-0.39, 0.29) is 12.5 Å². The van der Waals surface area contributed by atoms with Gasteiger partial charge in [0.2, 0.25) is 0 Å². The number of anilines is 2. The van der Waals surface area contributed by atoms with Crippen LogP contribution in [0.15, 0.2) is 71.8 Å². The molecule has 3 N–H and O–H groups in total. The molecule has 0 aliphatic rings. The number of hydrogen-bond donors (Lipinski definition) is 3. The fraction of sp³-hybridized carbons (Fsp3) is 0.120. The molecule has 36 heavy (non-hydrogen) atoms. The molecule has 3 rings (SSSR count). The number of carbonyl (C=O) groups excluding carboxylic acids is 3. The lowest BCUT2D eigenvalue weighted by Gasteiger charge is -2.10. The molecule has 0 aromatic heterocycles. The van der Waals surface area contributed by atoms with E-state index in [4.69, 9.17) is 25.8 Å². The quantitative estimate of drug-likeness (QED) is 0.230. The first-order valence-electron chi connectivity index (χ1n) is 10.5. The molecule has 0 heterocycles. The predicted octanol–water partition coefficient (Wildman–Crippen LogP) is 3.46. The van der Waals surface area contributed by atoms with Gasteiger partial charge in [-0.05, 0) is 60.2 Å². The molecule has 0 saturated heterocycles. The third kappa shape index (κ3) is 7.47. The van der Waals surface area contributed by atoms with Gasteiger partial charge in [-0.3, -0.25) is 14.4 Å². The highest BCUT2D eigenvalue weighted by Gasteiger charge is 2.14. The molecule has 11 heteroatoms. The Kier molecular flexibility index (Phi) is 9.24. The van der Waals surface area contributed by atoms with Crippen LogP contribution in [-0.2, 0) is 14.4 Å². The topological polar surface area (TPSA) is 127 Å². The predicted molar refractivity (Wildman–Crippen MR) is 136 cm³/mol. The SMILES string of the molecule is COc1ccc(NC(=O)C(=O)N/N=C\c2ccc(OCC(=O)Nc3ccccc3OC)cc2)cc1Cl. The van der Waals surface area contributed by atoms with Crippen LogP contribution in [0.4, 0.5) is 11.4 Å². The summed E-state index contributed by atoms with van der Waals surface area (Å²) in [7, 11) is 2.99. The van der Waals surface area contributed by atoms with Crippen molar-refractivity contribution in [3.8, 4) is 17.2 Å². The van der Waals surface area contributed by atoms with Crippen LogP contribution < -0.4 is 30.3 Å². The highest BCUT2D eigenvalue weighted by Crippen LogP contribution is 2.27. The smallest absolute Gasteiger partial charge is 0.329 e. The molecule has 0 saturated carbocycles. The highest BCUT2D eigenvalue weighted by molar-refractivity contribution is 6.40. The van der Waals surface area contributed by atoms with Crippen LogP contribution in [0.2, 0.25) is 5.02 Å². The minimum Gasteiger partial charge on any atom is -0.495 e. The Balaban J connectivity index is 1.44. The number of methoxy groups -OCH3 is 2. The van der Waals surface area contributed by atoms with Gasteiger partial charge >= 0.3 is 11.8 Å². The van der Waals surface area contributed by atoms with Crippen molar-refractivity contribution in [3.63, 3.8) is 0 Å². The Morgan fingerprint density at radius 2 is 1.61 bits per heavy atom. The molecule has 3 aromatic carbocycles. The molecule has 0 bridgehead atoms. The monoisotopic (exact) mass is 510 g/mol. The van der Waals surface area contributed by atoms with Crippen LogP contribution in [0.3, 0.4) is 0 Å². The Morgan fingerprint density at radius 1 is 0.889 bits per heavy atom. The van der Waals surface area contributed by atoms with Crippen molar-refractivity contribution in [1.82, 2.24) is 5.43 Å². The number of benzene rings is 3. The van der Waals surface area contributed by atoms with Gasteiger partial charge in [0.25, 0.3) is 5.91 Å². The molecule has 0 aliphatic carbocycles. The van der Waals surface area contributed by atoms with Gasteiger partial charge in [0.1, 0.15) is 17.2 Å². The van der Waals surface area contributed by atoms with E-state index in [1.54, 1.807) is 60.7 Å². The molecule has 10 nitrogen and oxygen atoms in total. The number of hydrazone groups is 1. The number of hydrogen-bond acceptors (Lipinski definition) is 7. The zero-order chi connectivity index (χ0) is 25.9. The molecule has 0 radical (unpaired) electrons. The summed E-state index contributed by atoms with van der Waals surface area (Å²) in [5.41, 5.74) is 3.65. The number of nitrogens with one attached hydrogen (secondary N) is 3. The van der Waals surface area contributed by atoms with Gasteiger partial charge < -0.3 is 24.8 Å². The van der Waals surface area contributed by atoms with Gasteiger partial charge in [0, 0.05) is 5.69 Å². The second-order valence-electron chi connectivity index (χ2n) is 7.11. The van der Waals surface area contributed by atoms with Crippen molar-refractivity contribution in [2.45, 2.75) is 0 Å². The summed E-state index contributed by atoms with van der Waals surface area (Å²) in [6.45, 7) is -0.198. The lowest BCUT2D eigenvalue weighted by molar-refractivity contribution is -0.136. The third-order valence-corrected chi connectivity index (χ3v) is 4.92. The Labute approximate surface area is 212 Å². The third-order valence-electron chi connectivity index (χ3n) is 4.63. The summed E-state index contributed by atoms with van der Waals surface area (Å²) in [6.07, 6.45) is 1.35. The van der Waals surface area contributed by atoms with Gasteiger partial charge in [0.05, 0.1) is 31.1 Å². The number of halogens is 1. The second-order valence-corrected chi connectivity index (χ2v) is 7.52. The van der Waals surface area contributed by atoms with Crippen LogP contribution in [0.5, 0.6) is 17.2 Å². The average Bonchev–Trinajstić information content (AvgIpc) is 2.88. The fourth-order valence-corrected chi connectivity index (χ4v) is 3.14. The molecule has 3 aromatic rings. The van der Waals surface area contributed by atoms with Crippen molar-refractivity contribution in [2.24, 2.45) is 5.10 Å². The molecular weight excluding hydrogens is 488 g/mol. The zero-order valence-electron chi connectivity index (χ0n) is 19.4. The number of nitrogens with zero attached hydrogens (tertiary/aromatic N) is 1. The van der Waals surface area contributed by atoms with Crippen LogP contribution in [0.1, 0.15) is 5.56 Å². The van der Waals surface area contributed by atoms with Crippen LogP contribution in [0, 0.1) is 0 Å². The maximum atomic E-state index is 12.1. The van der Waals surface area contributed by atoms with Crippen molar-refractivity contribution < 1.29 is 28.6 Å². The van der Waals surface area contributed by atoms with E-state index in [1.807, 2.05) is 0 Å². The lowest BCUT2D eigenvalue weighted by atomic mass is 10.2. The van der Waals surface area contributed by atoms with E-state index in [9.17, 15) is 14.4 Å². The summed E-state index contributed by atoms with van der Waals surface area (Å²) in [5, 5.41) is 9.19. The second kappa shape index (κ2) is 12.8. The first-order chi connectivity index (χ1) is 17.4. The van der Waals surface area contributed by atoms with Crippen molar-refractivity contribution in [1.29, 1.82) is 0 Å². The number of carbonyl (C=O) groups is 3. The lowest BCUT2D eigenvalue weighted by Crippen LogP contribution is -2.32. The molecule has 0 aliphatic heterocycles. The summed E-state index contributed by atoms with van der Waals surface area (Å²) >= 11 is 6.00. The molecule has 0 unspecified atom stereocenters. The minimum absolute atomic E-state index is 0.198. The van der Waals surface area contributed by atoms with Gasteiger partial charge in [0.15, 0.2) is 6.61 Å². The standard InChI is InChI=1S/C25H23ClN4O6/c1-34-21-12-9-17(13-19(21)26)28-24(32)25(33)30-27-14-16-7-10-18(11-8-16)36-15-23(31)29-20-5-3-4-6-22(20)35-2/h3-14H,15H2,1-2H3,(H,28,32)(H,29,31)(H,30,33)/b27-14-. The minimum atomic E-state index is -0.959. The maximum absolute atomic E-state index is 12.1. The Bertz CT molecular complexity index is 1260. The zero-order valence-corrected chi connectivity index (χ0v) is 20.2. The van der Waals surface area contributed by atoms with Crippen molar-refractivity contribution in [2.75, 3.05) is 31.5 Å². The molecule has 3 amide bonds. The normalized spacial score (nSPS) is 10.4. The van der Waals surface area contributed by atoms with E-state index >= 15 is 0 Å². The number of rotatable bonds is 9. The molecule has 0 spiro atoms. The first kappa shape index (κ1) is 26.0. The molecular formula is C25H23ClN4O6. The fourth-order valence-electron chi connectivity index (χ4n) is 2.88. The van der Waals surface area contributed by atoms with Crippen molar-refractivity contribution >= 4 is 46.9 Å². The van der Waals surface area contributed by atoms with Crippen LogP contribution in [-0.4, -0.2) is 44.8 Å². The van der Waals surface area contributed by atoms with Gasteiger partial charge in [-0.2, -0.15) is 5.10 Å². The number of ether oxygens (including phenoxy) is 3.